The van der Waals surface area contributed by atoms with Gasteiger partial charge in [-0.25, -0.2) is 4.98 Å². The Morgan fingerprint density at radius 2 is 2.00 bits per heavy atom. The number of para-hydroxylation sites is 2. The third kappa shape index (κ3) is 4.23. The highest BCUT2D eigenvalue weighted by Gasteiger charge is 2.21. The first kappa shape index (κ1) is 21.2. The SMILES string of the molecule is N#Cc1oc2ccccc2c1NC(=O)CSc1nc2ccccc2c(=O)n1C[C@H]1CCCO1. The van der Waals surface area contributed by atoms with Gasteiger partial charge in [0, 0.05) is 12.0 Å². The quantitative estimate of drug-likeness (QED) is 0.343. The monoisotopic (exact) mass is 460 g/mol. The van der Waals surface area contributed by atoms with Crippen LogP contribution in [0, 0.1) is 11.3 Å². The highest BCUT2D eigenvalue weighted by Crippen LogP contribution is 2.30. The Morgan fingerprint density at radius 3 is 2.79 bits per heavy atom. The largest absolute Gasteiger partial charge is 0.443 e. The molecule has 1 fully saturated rings. The van der Waals surface area contributed by atoms with Gasteiger partial charge in [-0.15, -0.1) is 0 Å². The summed E-state index contributed by atoms with van der Waals surface area (Å²) >= 11 is 1.18. The summed E-state index contributed by atoms with van der Waals surface area (Å²) in [5.74, 6) is -0.261. The van der Waals surface area contributed by atoms with E-state index in [1.54, 1.807) is 34.9 Å². The first-order valence-corrected chi connectivity index (χ1v) is 11.6. The lowest BCUT2D eigenvalue weighted by Gasteiger charge is -2.16. The van der Waals surface area contributed by atoms with Crippen LogP contribution in [0.25, 0.3) is 21.9 Å². The van der Waals surface area contributed by atoms with Gasteiger partial charge in [-0.05, 0) is 37.1 Å². The molecule has 1 amide bonds. The molecule has 9 heteroatoms. The van der Waals surface area contributed by atoms with Gasteiger partial charge >= 0.3 is 0 Å². The molecule has 5 rings (SSSR count). The minimum atomic E-state index is -0.325. The van der Waals surface area contributed by atoms with Gasteiger partial charge in [-0.3, -0.25) is 14.2 Å². The fourth-order valence-electron chi connectivity index (χ4n) is 3.96. The number of carbonyl (C=O) groups is 1. The van der Waals surface area contributed by atoms with Gasteiger partial charge in [0.2, 0.25) is 11.7 Å². The summed E-state index contributed by atoms with van der Waals surface area (Å²) in [7, 11) is 0. The van der Waals surface area contributed by atoms with Crippen molar-refractivity contribution in [3.05, 3.63) is 64.6 Å². The number of hydrogen-bond acceptors (Lipinski definition) is 7. The van der Waals surface area contributed by atoms with Crippen LogP contribution in [0.5, 0.6) is 0 Å². The minimum Gasteiger partial charge on any atom is -0.443 e. The summed E-state index contributed by atoms with van der Waals surface area (Å²) in [6, 6.07) is 16.3. The van der Waals surface area contributed by atoms with Crippen molar-refractivity contribution in [1.29, 1.82) is 5.26 Å². The number of hydrogen-bond donors (Lipinski definition) is 1. The van der Waals surface area contributed by atoms with Gasteiger partial charge in [0.1, 0.15) is 17.3 Å². The van der Waals surface area contributed by atoms with E-state index in [0.717, 1.165) is 12.8 Å². The highest BCUT2D eigenvalue weighted by atomic mass is 32.2. The van der Waals surface area contributed by atoms with Crippen molar-refractivity contribution >= 4 is 45.2 Å². The Labute approximate surface area is 193 Å². The maximum absolute atomic E-state index is 13.2. The van der Waals surface area contributed by atoms with Crippen molar-refractivity contribution in [2.75, 3.05) is 17.7 Å². The third-order valence-corrected chi connectivity index (χ3v) is 6.51. The zero-order valence-corrected chi connectivity index (χ0v) is 18.4. The molecule has 1 N–H and O–H groups in total. The number of fused-ring (bicyclic) bond motifs is 2. The Kier molecular flexibility index (Phi) is 5.86. The molecule has 2 aromatic carbocycles. The molecule has 8 nitrogen and oxygen atoms in total. The Morgan fingerprint density at radius 1 is 1.21 bits per heavy atom. The number of amides is 1. The van der Waals surface area contributed by atoms with Gasteiger partial charge in [-0.1, -0.05) is 36.0 Å². The van der Waals surface area contributed by atoms with Crippen LogP contribution in [0.4, 0.5) is 5.69 Å². The van der Waals surface area contributed by atoms with Crippen molar-refractivity contribution in [1.82, 2.24) is 9.55 Å². The summed E-state index contributed by atoms with van der Waals surface area (Å²) in [6.45, 7) is 1.08. The van der Waals surface area contributed by atoms with Crippen LogP contribution in [0.2, 0.25) is 0 Å². The molecule has 0 unspecified atom stereocenters. The van der Waals surface area contributed by atoms with Crippen molar-refractivity contribution < 1.29 is 13.9 Å². The van der Waals surface area contributed by atoms with E-state index < -0.39 is 0 Å². The Bertz CT molecular complexity index is 1450. The predicted molar refractivity (Wildman–Crippen MR) is 125 cm³/mol. The van der Waals surface area contributed by atoms with Gasteiger partial charge in [0.25, 0.3) is 5.56 Å². The zero-order chi connectivity index (χ0) is 22.8. The molecule has 0 bridgehead atoms. The van der Waals surface area contributed by atoms with Crippen LogP contribution in [0.1, 0.15) is 18.6 Å². The smallest absolute Gasteiger partial charge is 0.262 e. The first-order chi connectivity index (χ1) is 16.1. The molecule has 0 aliphatic carbocycles. The molecule has 1 aliphatic heterocycles. The molecular weight excluding hydrogens is 440 g/mol. The second-order valence-electron chi connectivity index (χ2n) is 7.71. The van der Waals surface area contributed by atoms with Gasteiger partial charge in [-0.2, -0.15) is 5.26 Å². The van der Waals surface area contributed by atoms with E-state index in [-0.39, 0.29) is 29.1 Å². The Balaban J connectivity index is 1.40. The molecule has 0 saturated carbocycles. The average molecular weight is 461 g/mol. The van der Waals surface area contributed by atoms with E-state index in [9.17, 15) is 14.9 Å². The molecule has 2 aromatic heterocycles. The zero-order valence-electron chi connectivity index (χ0n) is 17.6. The number of rotatable bonds is 6. The van der Waals surface area contributed by atoms with Crippen molar-refractivity contribution in [3.63, 3.8) is 0 Å². The van der Waals surface area contributed by atoms with Crippen LogP contribution in [-0.4, -0.2) is 33.9 Å². The van der Waals surface area contributed by atoms with Crippen LogP contribution in [-0.2, 0) is 16.1 Å². The molecule has 3 heterocycles. The fraction of sp³-hybridized carbons (Fsp3) is 0.250. The molecule has 4 aromatic rings. The molecular formula is C24H20N4O4S. The summed E-state index contributed by atoms with van der Waals surface area (Å²) in [6.07, 6.45) is 1.80. The molecule has 0 spiro atoms. The average Bonchev–Trinajstić information content (AvgIpc) is 3.48. The number of nitriles is 1. The number of ether oxygens (including phenoxy) is 1. The fourth-order valence-corrected chi connectivity index (χ4v) is 4.77. The number of aromatic nitrogens is 2. The molecule has 1 atom stereocenters. The summed E-state index contributed by atoms with van der Waals surface area (Å²) in [5, 5.41) is 13.8. The number of nitrogens with zero attached hydrogens (tertiary/aromatic N) is 3. The predicted octanol–water partition coefficient (Wildman–Crippen LogP) is 3.92. The number of carbonyl (C=O) groups excluding carboxylic acids is 1. The van der Waals surface area contributed by atoms with Gasteiger partial charge < -0.3 is 14.5 Å². The molecule has 1 saturated heterocycles. The lowest BCUT2D eigenvalue weighted by molar-refractivity contribution is -0.113. The Hall–Kier alpha value is -3.61. The van der Waals surface area contributed by atoms with Crippen molar-refractivity contribution in [2.24, 2.45) is 0 Å². The lowest BCUT2D eigenvalue weighted by Crippen LogP contribution is -2.29. The van der Waals surface area contributed by atoms with E-state index in [1.807, 2.05) is 24.3 Å². The molecule has 33 heavy (non-hydrogen) atoms. The van der Waals surface area contributed by atoms with Crippen molar-refractivity contribution in [3.8, 4) is 6.07 Å². The van der Waals surface area contributed by atoms with Crippen LogP contribution in [0.3, 0.4) is 0 Å². The summed E-state index contributed by atoms with van der Waals surface area (Å²) in [5.41, 5.74) is 1.31. The van der Waals surface area contributed by atoms with E-state index in [2.05, 4.69) is 10.3 Å². The van der Waals surface area contributed by atoms with Crippen LogP contribution >= 0.6 is 11.8 Å². The maximum atomic E-state index is 13.2. The van der Waals surface area contributed by atoms with E-state index in [4.69, 9.17) is 9.15 Å². The first-order valence-electron chi connectivity index (χ1n) is 10.6. The molecule has 166 valence electrons. The number of anilines is 1. The van der Waals surface area contributed by atoms with Gasteiger partial charge in [0.05, 0.1) is 29.3 Å². The number of nitrogens with one attached hydrogen (secondary N) is 1. The standard InChI is InChI=1S/C24H20N4O4S/c25-12-20-22(17-8-2-4-10-19(17)32-20)27-21(29)14-33-24-26-18-9-3-1-7-16(18)23(30)28(24)13-15-6-5-11-31-15/h1-4,7-10,15H,5-6,11,13-14H2,(H,27,29)/t15-/m1/s1. The summed E-state index contributed by atoms with van der Waals surface area (Å²) < 4.78 is 12.8. The lowest BCUT2D eigenvalue weighted by atomic mass is 10.2. The van der Waals surface area contributed by atoms with Crippen LogP contribution in [0.15, 0.2) is 62.9 Å². The van der Waals surface area contributed by atoms with Crippen molar-refractivity contribution in [2.45, 2.75) is 30.6 Å². The van der Waals surface area contributed by atoms with Gasteiger partial charge in [0.15, 0.2) is 5.16 Å². The minimum absolute atomic E-state index is 0.0146. The number of furan rings is 1. The van der Waals surface area contributed by atoms with E-state index in [0.29, 0.717) is 45.9 Å². The second-order valence-corrected chi connectivity index (χ2v) is 8.66. The normalized spacial score (nSPS) is 15.7. The molecule has 0 radical (unpaired) electrons. The number of benzene rings is 2. The highest BCUT2D eigenvalue weighted by molar-refractivity contribution is 7.99. The van der Waals surface area contributed by atoms with E-state index in [1.165, 1.54) is 11.8 Å². The summed E-state index contributed by atoms with van der Waals surface area (Å²) in [4.78, 5) is 30.6. The van der Waals surface area contributed by atoms with Crippen LogP contribution < -0.4 is 10.9 Å². The molecule has 1 aliphatic rings. The topological polar surface area (TPSA) is 110 Å². The number of thioether (sulfide) groups is 1. The second kappa shape index (κ2) is 9.10. The maximum Gasteiger partial charge on any atom is 0.262 e. The third-order valence-electron chi connectivity index (χ3n) is 5.53. The van der Waals surface area contributed by atoms with E-state index >= 15 is 0 Å².